The highest BCUT2D eigenvalue weighted by atomic mass is 16.4. The van der Waals surface area contributed by atoms with Crippen LogP contribution in [0.4, 0.5) is 5.82 Å². The number of aromatic nitrogens is 2. The van der Waals surface area contributed by atoms with Crippen molar-refractivity contribution in [2.75, 3.05) is 5.32 Å². The number of anilines is 1. The van der Waals surface area contributed by atoms with E-state index in [1.165, 1.54) is 10.7 Å². The fourth-order valence-electron chi connectivity index (χ4n) is 3.58. The molecule has 35 heavy (non-hydrogen) atoms. The summed E-state index contributed by atoms with van der Waals surface area (Å²) < 4.78 is 1.47. The Labute approximate surface area is 202 Å². The van der Waals surface area contributed by atoms with E-state index in [1.54, 1.807) is 48.5 Å². The summed E-state index contributed by atoms with van der Waals surface area (Å²) in [5, 5.41) is 19.4. The minimum absolute atomic E-state index is 0.0414. The highest BCUT2D eigenvalue weighted by Crippen LogP contribution is 2.21. The molecule has 0 aliphatic heterocycles. The van der Waals surface area contributed by atoms with Gasteiger partial charge in [-0.2, -0.15) is 5.10 Å². The largest absolute Gasteiger partial charge is 0.481 e. The number of amides is 2. The molecule has 0 aliphatic rings. The van der Waals surface area contributed by atoms with Gasteiger partial charge < -0.3 is 15.7 Å². The number of aliphatic carboxylic acids is 1. The third kappa shape index (κ3) is 5.80. The van der Waals surface area contributed by atoms with Gasteiger partial charge in [-0.25, -0.2) is 4.68 Å². The first-order chi connectivity index (χ1) is 16.9. The van der Waals surface area contributed by atoms with E-state index in [1.807, 2.05) is 43.3 Å². The predicted octanol–water partition coefficient (Wildman–Crippen LogP) is 4.38. The van der Waals surface area contributed by atoms with Crippen LogP contribution in [0.5, 0.6) is 0 Å². The number of aryl methyl sites for hydroxylation is 1. The van der Waals surface area contributed by atoms with Gasteiger partial charge in [0.2, 0.25) is 0 Å². The molecular formula is C27H24N4O4. The van der Waals surface area contributed by atoms with Crippen molar-refractivity contribution in [3.63, 3.8) is 0 Å². The van der Waals surface area contributed by atoms with Crippen molar-refractivity contribution in [2.45, 2.75) is 19.4 Å². The van der Waals surface area contributed by atoms with Crippen molar-refractivity contribution in [2.24, 2.45) is 0 Å². The first-order valence-electron chi connectivity index (χ1n) is 11.0. The number of nitrogens with one attached hydrogen (secondary N) is 2. The molecule has 8 heteroatoms. The molecule has 0 saturated heterocycles. The predicted molar refractivity (Wildman–Crippen MR) is 132 cm³/mol. The zero-order valence-corrected chi connectivity index (χ0v) is 19.0. The van der Waals surface area contributed by atoms with Crippen molar-refractivity contribution < 1.29 is 19.5 Å². The zero-order chi connectivity index (χ0) is 24.8. The van der Waals surface area contributed by atoms with Gasteiger partial charge in [0.25, 0.3) is 11.8 Å². The zero-order valence-electron chi connectivity index (χ0n) is 19.0. The van der Waals surface area contributed by atoms with Crippen molar-refractivity contribution in [3.05, 3.63) is 113 Å². The van der Waals surface area contributed by atoms with Crippen LogP contribution in [0.15, 0.2) is 91.0 Å². The molecule has 0 aliphatic carbocycles. The summed E-state index contributed by atoms with van der Waals surface area (Å²) in [6.07, 6.45) is -0.286. The summed E-state index contributed by atoms with van der Waals surface area (Å²) in [4.78, 5) is 37.4. The Balaban J connectivity index is 1.64. The van der Waals surface area contributed by atoms with Crippen LogP contribution < -0.4 is 10.6 Å². The van der Waals surface area contributed by atoms with Gasteiger partial charge in [-0.05, 0) is 36.8 Å². The third-order valence-electron chi connectivity index (χ3n) is 5.38. The lowest BCUT2D eigenvalue weighted by Crippen LogP contribution is -2.30. The van der Waals surface area contributed by atoms with Crippen LogP contribution >= 0.6 is 0 Å². The van der Waals surface area contributed by atoms with Crippen molar-refractivity contribution >= 4 is 23.6 Å². The van der Waals surface area contributed by atoms with Gasteiger partial charge in [0.05, 0.1) is 18.2 Å². The van der Waals surface area contributed by atoms with Crippen molar-refractivity contribution in [1.82, 2.24) is 15.1 Å². The molecule has 0 bridgehead atoms. The van der Waals surface area contributed by atoms with E-state index in [2.05, 4.69) is 15.7 Å². The normalized spacial score (nSPS) is 11.5. The number of carboxylic acid groups (broad SMARTS) is 1. The second kappa shape index (κ2) is 10.5. The Morgan fingerprint density at radius 3 is 2.14 bits per heavy atom. The summed E-state index contributed by atoms with van der Waals surface area (Å²) in [5.41, 5.74) is 2.84. The number of carbonyl (C=O) groups excluding carboxylic acids is 2. The maximum Gasteiger partial charge on any atom is 0.305 e. The van der Waals surface area contributed by atoms with Crippen LogP contribution in [-0.4, -0.2) is 32.7 Å². The smallest absolute Gasteiger partial charge is 0.305 e. The fraction of sp³-hybridized carbons (Fsp3) is 0.111. The van der Waals surface area contributed by atoms with Gasteiger partial charge in [-0.3, -0.25) is 14.4 Å². The molecule has 176 valence electrons. The summed E-state index contributed by atoms with van der Waals surface area (Å²) in [6, 6.07) is 25.8. The number of carbonyl (C=O) groups is 3. The summed E-state index contributed by atoms with van der Waals surface area (Å²) in [6.45, 7) is 1.93. The average Bonchev–Trinajstić information content (AvgIpc) is 3.29. The van der Waals surface area contributed by atoms with Gasteiger partial charge in [0, 0.05) is 11.6 Å². The van der Waals surface area contributed by atoms with Crippen LogP contribution in [0, 0.1) is 6.92 Å². The van der Waals surface area contributed by atoms with E-state index >= 15 is 0 Å². The number of para-hydroxylation sites is 1. The summed E-state index contributed by atoms with van der Waals surface area (Å²) in [7, 11) is 0. The van der Waals surface area contributed by atoms with Crippen LogP contribution in [0.25, 0.3) is 5.69 Å². The molecule has 2 amide bonds. The number of hydrogen-bond donors (Lipinski definition) is 3. The lowest BCUT2D eigenvalue weighted by atomic mass is 10.0. The molecule has 3 aromatic carbocycles. The van der Waals surface area contributed by atoms with Crippen LogP contribution in [0.2, 0.25) is 0 Å². The molecule has 0 saturated carbocycles. The van der Waals surface area contributed by atoms with Gasteiger partial charge in [0.1, 0.15) is 5.82 Å². The number of benzene rings is 3. The van der Waals surface area contributed by atoms with Gasteiger partial charge >= 0.3 is 5.97 Å². The molecule has 0 fully saturated rings. The first-order valence-corrected chi connectivity index (χ1v) is 11.0. The summed E-state index contributed by atoms with van der Waals surface area (Å²) >= 11 is 0. The number of rotatable bonds is 8. The van der Waals surface area contributed by atoms with Gasteiger partial charge in [-0.15, -0.1) is 0 Å². The second-order valence-electron chi connectivity index (χ2n) is 8.02. The van der Waals surface area contributed by atoms with E-state index in [4.69, 9.17) is 0 Å². The van der Waals surface area contributed by atoms with Crippen molar-refractivity contribution in [1.29, 1.82) is 0 Å². The Kier molecular flexibility index (Phi) is 7.02. The summed E-state index contributed by atoms with van der Waals surface area (Å²) in [5.74, 6) is -1.64. The molecule has 4 rings (SSSR count). The molecule has 1 aromatic heterocycles. The average molecular weight is 469 g/mol. The maximum absolute atomic E-state index is 13.1. The highest BCUT2D eigenvalue weighted by molar-refractivity contribution is 6.04. The monoisotopic (exact) mass is 468 g/mol. The minimum atomic E-state index is -1.04. The quantitative estimate of drug-likeness (QED) is 0.355. The van der Waals surface area contributed by atoms with Gasteiger partial charge in [0.15, 0.2) is 5.69 Å². The fourth-order valence-corrected chi connectivity index (χ4v) is 3.58. The number of carboxylic acids is 1. The van der Waals surface area contributed by atoms with Gasteiger partial charge in [-0.1, -0.05) is 66.2 Å². The van der Waals surface area contributed by atoms with Crippen LogP contribution in [0.3, 0.4) is 0 Å². The van der Waals surface area contributed by atoms with Crippen molar-refractivity contribution in [3.8, 4) is 5.69 Å². The molecule has 0 unspecified atom stereocenters. The molecule has 1 heterocycles. The van der Waals surface area contributed by atoms with E-state index in [0.717, 1.165) is 5.56 Å². The Bertz CT molecular complexity index is 1330. The number of hydrogen-bond acceptors (Lipinski definition) is 4. The molecular weight excluding hydrogens is 444 g/mol. The lowest BCUT2D eigenvalue weighted by molar-refractivity contribution is -0.137. The van der Waals surface area contributed by atoms with E-state index < -0.39 is 17.9 Å². The first kappa shape index (κ1) is 23.4. The molecule has 8 nitrogen and oxygen atoms in total. The van der Waals surface area contributed by atoms with Crippen LogP contribution in [0.1, 0.15) is 44.4 Å². The lowest BCUT2D eigenvalue weighted by Gasteiger charge is -2.17. The van der Waals surface area contributed by atoms with Crippen LogP contribution in [-0.2, 0) is 4.79 Å². The Hall–Kier alpha value is -4.72. The minimum Gasteiger partial charge on any atom is -0.481 e. The highest BCUT2D eigenvalue weighted by Gasteiger charge is 2.23. The van der Waals surface area contributed by atoms with E-state index in [-0.39, 0.29) is 18.0 Å². The SMILES string of the molecule is Cc1ccc([C@H](CC(=O)O)NC(=O)c2cc(NC(=O)c3ccccc3)n(-c3ccccc3)n2)cc1. The van der Waals surface area contributed by atoms with E-state index in [9.17, 15) is 19.5 Å². The molecule has 1 atom stereocenters. The Morgan fingerprint density at radius 1 is 0.886 bits per heavy atom. The standard InChI is InChI=1S/C27H24N4O4/c1-18-12-14-19(15-13-18)22(17-25(32)33)28-27(35)23-16-24(29-26(34)20-8-4-2-5-9-20)31(30-23)21-10-6-3-7-11-21/h2-16,22H,17H2,1H3,(H,28,35)(H,29,34)(H,32,33)/t22-/m0/s1. The number of nitrogens with zero attached hydrogens (tertiary/aromatic N) is 2. The molecule has 3 N–H and O–H groups in total. The molecule has 4 aromatic rings. The maximum atomic E-state index is 13.1. The molecule has 0 radical (unpaired) electrons. The topological polar surface area (TPSA) is 113 Å². The third-order valence-corrected chi connectivity index (χ3v) is 5.38. The second-order valence-corrected chi connectivity index (χ2v) is 8.02. The Morgan fingerprint density at radius 2 is 1.51 bits per heavy atom. The van der Waals surface area contributed by atoms with E-state index in [0.29, 0.717) is 22.6 Å². The molecule has 0 spiro atoms.